The molecule has 0 heterocycles. The van der Waals surface area contributed by atoms with Gasteiger partial charge in [0, 0.05) is 0 Å². The molecule has 8 nitrogen and oxygen atoms in total. The molecule has 0 saturated carbocycles. The molecule has 8 heteroatoms. The van der Waals surface area contributed by atoms with Gasteiger partial charge in [-0.3, -0.25) is 20.2 Å². The van der Waals surface area contributed by atoms with E-state index in [1.807, 2.05) is 0 Å². The van der Waals surface area contributed by atoms with E-state index in [1.165, 1.54) is 0 Å². The van der Waals surface area contributed by atoms with Gasteiger partial charge in [0.05, 0.1) is 0 Å². The zero-order chi connectivity index (χ0) is 9.72. The van der Waals surface area contributed by atoms with Gasteiger partial charge in [-0.05, 0) is 0 Å². The Morgan fingerprint density at radius 3 is 1.50 bits per heavy atom. The Morgan fingerprint density at radius 2 is 1.42 bits per heavy atom. The Balaban J connectivity index is 5.42. The number of nitro groups is 2. The minimum absolute atomic E-state index is 1.05. The molecule has 0 aromatic heterocycles. The van der Waals surface area contributed by atoms with E-state index in [9.17, 15) is 20.2 Å². The molecule has 0 aliphatic rings. The third kappa shape index (κ3) is 1.75. The minimum atomic E-state index is -1.60. The van der Waals surface area contributed by atoms with Crippen LogP contribution in [0.1, 0.15) is 0 Å². The first-order valence-electron chi connectivity index (χ1n) is 2.37. The SMILES string of the molecule is N#CC(C#N)=C([N+](=O)[O-])[N+](=O)[O-]. The van der Waals surface area contributed by atoms with E-state index in [0.29, 0.717) is 0 Å². The van der Waals surface area contributed by atoms with Crippen LogP contribution in [0.2, 0.25) is 0 Å². The summed E-state index contributed by atoms with van der Waals surface area (Å²) < 4.78 is 0. The van der Waals surface area contributed by atoms with Gasteiger partial charge in [-0.1, -0.05) is 0 Å². The predicted octanol–water partition coefficient (Wildman–Crippen LogP) is -0.201. The van der Waals surface area contributed by atoms with Crippen molar-refractivity contribution in [3.05, 3.63) is 31.6 Å². The van der Waals surface area contributed by atoms with Crippen molar-refractivity contribution in [3.8, 4) is 12.1 Å². The smallest absolute Gasteiger partial charge is 0.253 e. The second-order valence-corrected chi connectivity index (χ2v) is 1.44. The molecule has 0 unspecified atom stereocenters. The molecule has 0 bridgehead atoms. The van der Waals surface area contributed by atoms with Crippen molar-refractivity contribution in [3.63, 3.8) is 0 Å². The monoisotopic (exact) mass is 168 g/mol. The van der Waals surface area contributed by atoms with Crippen molar-refractivity contribution in [2.75, 3.05) is 0 Å². The van der Waals surface area contributed by atoms with Crippen LogP contribution in [-0.4, -0.2) is 9.85 Å². The van der Waals surface area contributed by atoms with Gasteiger partial charge in [-0.25, -0.2) is 0 Å². The number of rotatable bonds is 2. The average molecular weight is 168 g/mol. The number of hydrogen-bond donors (Lipinski definition) is 0. The van der Waals surface area contributed by atoms with Crippen molar-refractivity contribution < 1.29 is 9.85 Å². The molecular formula is C4N4O4. The number of nitrogens with zero attached hydrogens (tertiary/aromatic N) is 4. The zero-order valence-electron chi connectivity index (χ0n) is 5.42. The molecule has 0 rings (SSSR count). The van der Waals surface area contributed by atoms with Crippen molar-refractivity contribution >= 4 is 0 Å². The largest absolute Gasteiger partial charge is 0.587 e. The van der Waals surface area contributed by atoms with E-state index in [0.717, 1.165) is 12.1 Å². The molecule has 0 aliphatic carbocycles. The highest BCUT2D eigenvalue weighted by Crippen LogP contribution is 2.03. The second kappa shape index (κ2) is 3.63. The van der Waals surface area contributed by atoms with Crippen LogP contribution in [0.25, 0.3) is 0 Å². The normalized spacial score (nSPS) is 7.50. The van der Waals surface area contributed by atoms with E-state index >= 15 is 0 Å². The lowest BCUT2D eigenvalue weighted by Crippen LogP contribution is -2.11. The Kier molecular flexibility index (Phi) is 2.88. The van der Waals surface area contributed by atoms with Gasteiger partial charge in [0.15, 0.2) is 0 Å². The van der Waals surface area contributed by atoms with Crippen molar-refractivity contribution in [1.29, 1.82) is 10.5 Å². The van der Waals surface area contributed by atoms with Crippen LogP contribution in [0.4, 0.5) is 0 Å². The minimum Gasteiger partial charge on any atom is -0.253 e. The fraction of sp³-hybridized carbons (Fsp3) is 0. The van der Waals surface area contributed by atoms with E-state index in [1.54, 1.807) is 0 Å². The van der Waals surface area contributed by atoms with E-state index in [4.69, 9.17) is 10.5 Å². The van der Waals surface area contributed by atoms with Gasteiger partial charge in [-0.15, -0.1) is 0 Å². The Hall–Kier alpha value is -2.48. The van der Waals surface area contributed by atoms with Crippen LogP contribution in [0, 0.1) is 42.9 Å². The van der Waals surface area contributed by atoms with Gasteiger partial charge >= 0.3 is 5.82 Å². The fourth-order valence-corrected chi connectivity index (χ4v) is 0.374. The maximum atomic E-state index is 9.90. The molecule has 0 aromatic carbocycles. The van der Waals surface area contributed by atoms with Crippen LogP contribution < -0.4 is 0 Å². The lowest BCUT2D eigenvalue weighted by Gasteiger charge is -1.84. The summed E-state index contributed by atoms with van der Waals surface area (Å²) >= 11 is 0. The van der Waals surface area contributed by atoms with Crippen LogP contribution in [-0.2, 0) is 0 Å². The van der Waals surface area contributed by atoms with Gasteiger partial charge in [-0.2, -0.15) is 10.5 Å². The van der Waals surface area contributed by atoms with Crippen molar-refractivity contribution in [2.45, 2.75) is 0 Å². The zero-order valence-corrected chi connectivity index (χ0v) is 5.42. The lowest BCUT2D eigenvalue weighted by atomic mass is 10.3. The molecule has 0 fully saturated rings. The maximum absolute atomic E-state index is 9.90. The molecule has 0 aromatic rings. The Labute approximate surface area is 65.2 Å². The first kappa shape index (κ1) is 9.52. The summed E-state index contributed by atoms with van der Waals surface area (Å²) in [6, 6.07) is 2.10. The topological polar surface area (TPSA) is 134 Å². The Morgan fingerprint density at radius 1 is 1.08 bits per heavy atom. The first-order valence-corrected chi connectivity index (χ1v) is 2.37. The highest BCUT2D eigenvalue weighted by atomic mass is 16.7. The molecule has 0 spiro atoms. The summed E-state index contributed by atoms with van der Waals surface area (Å²) in [4.78, 5) is 17.0. The molecular weight excluding hydrogens is 168 g/mol. The van der Waals surface area contributed by atoms with E-state index < -0.39 is 21.2 Å². The molecule has 0 amide bonds. The summed E-state index contributed by atoms with van der Waals surface area (Å²) in [5, 5.41) is 35.9. The molecule has 0 aliphatic heterocycles. The summed E-state index contributed by atoms with van der Waals surface area (Å²) in [7, 11) is 0. The fourth-order valence-electron chi connectivity index (χ4n) is 0.374. The maximum Gasteiger partial charge on any atom is 0.587 e. The highest BCUT2D eigenvalue weighted by Gasteiger charge is 2.32. The molecule has 12 heavy (non-hydrogen) atoms. The third-order valence-electron chi connectivity index (χ3n) is 0.793. The molecule has 0 atom stereocenters. The number of nitriles is 2. The van der Waals surface area contributed by atoms with Crippen LogP contribution >= 0.6 is 0 Å². The molecule has 0 saturated heterocycles. The van der Waals surface area contributed by atoms with Crippen LogP contribution in [0.3, 0.4) is 0 Å². The average Bonchev–Trinajstić information content (AvgIpc) is 1.98. The van der Waals surface area contributed by atoms with E-state index in [2.05, 4.69) is 0 Å². The summed E-state index contributed by atoms with van der Waals surface area (Å²) in [6.07, 6.45) is 0. The highest BCUT2D eigenvalue weighted by molar-refractivity contribution is 5.35. The van der Waals surface area contributed by atoms with Crippen molar-refractivity contribution in [1.82, 2.24) is 0 Å². The summed E-state index contributed by atoms with van der Waals surface area (Å²) in [6.45, 7) is 0. The van der Waals surface area contributed by atoms with Crippen molar-refractivity contribution in [2.24, 2.45) is 0 Å². The lowest BCUT2D eigenvalue weighted by molar-refractivity contribution is -0.616. The van der Waals surface area contributed by atoms with E-state index in [-0.39, 0.29) is 0 Å². The second-order valence-electron chi connectivity index (χ2n) is 1.44. The molecule has 0 N–H and O–H groups in total. The third-order valence-corrected chi connectivity index (χ3v) is 0.793. The molecule has 60 valence electrons. The quantitative estimate of drug-likeness (QED) is 0.318. The molecule has 0 radical (unpaired) electrons. The van der Waals surface area contributed by atoms with Gasteiger partial charge in [0.25, 0.3) is 5.57 Å². The standard InChI is InChI=1S/C4N4O4/c5-1-3(2-6)4(7(9)10)8(11)12. The summed E-state index contributed by atoms with van der Waals surface area (Å²) in [5.41, 5.74) is -1.12. The van der Waals surface area contributed by atoms with Gasteiger partial charge < -0.3 is 0 Å². The van der Waals surface area contributed by atoms with Gasteiger partial charge in [0.1, 0.15) is 22.0 Å². The van der Waals surface area contributed by atoms with Crippen LogP contribution in [0.5, 0.6) is 0 Å². The summed E-state index contributed by atoms with van der Waals surface area (Å²) in [5.74, 6) is -1.60. The number of allylic oxidation sites excluding steroid dienone is 1. The number of hydrogen-bond acceptors (Lipinski definition) is 6. The Bertz CT molecular complexity index is 311. The van der Waals surface area contributed by atoms with Crippen LogP contribution in [0.15, 0.2) is 11.4 Å². The predicted molar refractivity (Wildman–Crippen MR) is 32.2 cm³/mol. The first-order chi connectivity index (χ1) is 5.54. The van der Waals surface area contributed by atoms with Gasteiger partial charge in [0.2, 0.25) is 0 Å².